The van der Waals surface area contributed by atoms with Crippen LogP contribution in [0.15, 0.2) is 51.6 Å². The molecule has 0 aliphatic heterocycles. The summed E-state index contributed by atoms with van der Waals surface area (Å²) < 4.78 is 3.62. The van der Waals surface area contributed by atoms with Gasteiger partial charge in [-0.3, -0.25) is 4.79 Å². The molecule has 3 aromatic heterocycles. The van der Waals surface area contributed by atoms with E-state index in [1.54, 1.807) is 4.68 Å². The number of hydrogen-bond acceptors (Lipinski definition) is 7. The molecule has 0 aliphatic carbocycles. The Bertz CT molecular complexity index is 1130. The number of nitrogens with two attached hydrogens (primary N) is 1. The molecule has 0 spiro atoms. The van der Waals surface area contributed by atoms with E-state index >= 15 is 0 Å². The number of para-hydroxylation sites is 1. The van der Waals surface area contributed by atoms with E-state index in [1.165, 1.54) is 18.0 Å². The van der Waals surface area contributed by atoms with Crippen molar-refractivity contribution < 1.29 is 0 Å². The Morgan fingerprint density at radius 1 is 1.22 bits per heavy atom. The van der Waals surface area contributed by atoms with Crippen LogP contribution < -0.4 is 11.3 Å². The summed E-state index contributed by atoms with van der Waals surface area (Å²) in [6.45, 7) is 3.22. The topological polar surface area (TPSA) is 120 Å². The van der Waals surface area contributed by atoms with Crippen LogP contribution in [0.5, 0.6) is 0 Å². The fourth-order valence-corrected chi connectivity index (χ4v) is 3.69. The lowest BCUT2D eigenvalue weighted by molar-refractivity contribution is 0.639. The maximum absolute atomic E-state index is 12.5. The van der Waals surface area contributed by atoms with Gasteiger partial charge in [-0.25, -0.2) is 9.67 Å². The number of aromatic amines is 1. The average Bonchev–Trinajstić information content (AvgIpc) is 3.27. The van der Waals surface area contributed by atoms with E-state index in [0.29, 0.717) is 40.9 Å². The van der Waals surface area contributed by atoms with Gasteiger partial charge in [-0.1, -0.05) is 18.2 Å². The number of rotatable bonds is 6. The number of aromatic nitrogens is 7. The van der Waals surface area contributed by atoms with Crippen molar-refractivity contribution in [2.24, 2.45) is 5.73 Å². The molecule has 4 aromatic rings. The molecule has 0 saturated heterocycles. The first-order valence-corrected chi connectivity index (χ1v) is 9.36. The molecule has 0 saturated carbocycles. The fourth-order valence-electron chi connectivity index (χ4n) is 2.82. The summed E-state index contributed by atoms with van der Waals surface area (Å²) >= 11 is 1.26. The monoisotopic (exact) mass is 382 g/mol. The van der Waals surface area contributed by atoms with Gasteiger partial charge < -0.3 is 15.3 Å². The van der Waals surface area contributed by atoms with Crippen molar-refractivity contribution in [1.29, 1.82) is 0 Å². The highest BCUT2D eigenvalue weighted by atomic mass is 32.2. The minimum atomic E-state index is -0.241. The second-order valence-electron chi connectivity index (χ2n) is 5.78. The van der Waals surface area contributed by atoms with E-state index in [2.05, 4.69) is 25.3 Å². The lowest BCUT2D eigenvalue weighted by Gasteiger charge is -2.06. The molecule has 27 heavy (non-hydrogen) atoms. The molecule has 3 heterocycles. The minimum Gasteiger partial charge on any atom is -0.330 e. The number of benzene rings is 1. The van der Waals surface area contributed by atoms with Crippen molar-refractivity contribution in [3.05, 3.63) is 52.7 Å². The van der Waals surface area contributed by atoms with E-state index in [1.807, 2.05) is 41.8 Å². The zero-order valence-corrected chi connectivity index (χ0v) is 15.5. The van der Waals surface area contributed by atoms with Crippen LogP contribution in [0.4, 0.5) is 0 Å². The van der Waals surface area contributed by atoms with Crippen molar-refractivity contribution in [3.8, 4) is 5.69 Å². The highest BCUT2D eigenvalue weighted by Gasteiger charge is 2.16. The summed E-state index contributed by atoms with van der Waals surface area (Å²) in [6.07, 6.45) is 2.17. The molecule has 9 nitrogen and oxygen atoms in total. The number of fused-ring (bicyclic) bond motifs is 1. The Morgan fingerprint density at radius 3 is 2.78 bits per heavy atom. The molecule has 0 amide bonds. The SMILES string of the molecule is CCn1c(CCN)nnc1Sc1nc2c(cnn2-c2ccccc2)c(=O)[nH]1. The summed E-state index contributed by atoms with van der Waals surface area (Å²) in [6, 6.07) is 9.57. The van der Waals surface area contributed by atoms with E-state index in [0.717, 1.165) is 11.5 Å². The van der Waals surface area contributed by atoms with E-state index < -0.39 is 0 Å². The first kappa shape index (κ1) is 17.4. The molecule has 138 valence electrons. The number of nitrogens with one attached hydrogen (secondary N) is 1. The largest absolute Gasteiger partial charge is 0.330 e. The zero-order valence-electron chi connectivity index (χ0n) is 14.7. The van der Waals surface area contributed by atoms with Crippen molar-refractivity contribution in [2.45, 2.75) is 30.2 Å². The van der Waals surface area contributed by atoms with Gasteiger partial charge in [0.25, 0.3) is 5.56 Å². The standard InChI is InChI=1S/C17H18N8OS/c1-2-24-13(8-9-18)22-23-17(24)27-16-20-14-12(15(26)21-16)10-19-25(14)11-6-4-3-5-7-11/h3-7,10H,2,8-9,18H2,1H3,(H,20,21,26). The number of H-pyrrole nitrogens is 1. The summed E-state index contributed by atoms with van der Waals surface area (Å²) in [5.41, 5.74) is 6.72. The summed E-state index contributed by atoms with van der Waals surface area (Å²) in [4.78, 5) is 19.9. The Morgan fingerprint density at radius 2 is 2.04 bits per heavy atom. The number of hydrogen-bond donors (Lipinski definition) is 2. The molecule has 0 atom stereocenters. The predicted molar refractivity (Wildman–Crippen MR) is 102 cm³/mol. The lowest BCUT2D eigenvalue weighted by Crippen LogP contribution is -2.11. The van der Waals surface area contributed by atoms with Crippen LogP contribution in [0.3, 0.4) is 0 Å². The van der Waals surface area contributed by atoms with Gasteiger partial charge in [0.2, 0.25) is 0 Å². The van der Waals surface area contributed by atoms with E-state index in [4.69, 9.17) is 5.73 Å². The molecule has 0 radical (unpaired) electrons. The van der Waals surface area contributed by atoms with Gasteiger partial charge in [0.05, 0.1) is 11.9 Å². The summed E-state index contributed by atoms with van der Waals surface area (Å²) in [5.74, 6) is 0.820. The van der Waals surface area contributed by atoms with E-state index in [9.17, 15) is 4.79 Å². The highest BCUT2D eigenvalue weighted by molar-refractivity contribution is 7.99. The van der Waals surface area contributed by atoms with Gasteiger partial charge in [0.15, 0.2) is 16.0 Å². The molecular formula is C17H18N8OS. The second-order valence-corrected chi connectivity index (χ2v) is 6.74. The van der Waals surface area contributed by atoms with Crippen molar-refractivity contribution in [1.82, 2.24) is 34.5 Å². The molecular weight excluding hydrogens is 364 g/mol. The van der Waals surface area contributed by atoms with Crippen LogP contribution in [0.25, 0.3) is 16.7 Å². The van der Waals surface area contributed by atoms with Crippen molar-refractivity contribution in [3.63, 3.8) is 0 Å². The quantitative estimate of drug-likeness (QED) is 0.483. The molecule has 10 heteroatoms. The molecule has 0 bridgehead atoms. The lowest BCUT2D eigenvalue weighted by atomic mass is 10.3. The summed E-state index contributed by atoms with van der Waals surface area (Å²) in [5, 5.41) is 14.2. The van der Waals surface area contributed by atoms with Gasteiger partial charge in [-0.15, -0.1) is 10.2 Å². The average molecular weight is 382 g/mol. The second kappa shape index (κ2) is 7.33. The predicted octanol–water partition coefficient (Wildman–Crippen LogP) is 1.37. The van der Waals surface area contributed by atoms with Crippen LogP contribution in [0, 0.1) is 0 Å². The first-order chi connectivity index (χ1) is 13.2. The van der Waals surface area contributed by atoms with Gasteiger partial charge in [-0.05, 0) is 37.4 Å². The molecule has 0 aliphatic rings. The van der Waals surface area contributed by atoms with Crippen molar-refractivity contribution >= 4 is 22.8 Å². The Balaban J connectivity index is 1.76. The minimum absolute atomic E-state index is 0.241. The zero-order chi connectivity index (χ0) is 18.8. The van der Waals surface area contributed by atoms with Crippen LogP contribution in [-0.2, 0) is 13.0 Å². The molecule has 3 N–H and O–H groups in total. The van der Waals surface area contributed by atoms with Gasteiger partial charge >= 0.3 is 0 Å². The normalized spacial score (nSPS) is 11.3. The van der Waals surface area contributed by atoms with Crippen LogP contribution in [0.1, 0.15) is 12.7 Å². The fraction of sp³-hybridized carbons (Fsp3) is 0.235. The van der Waals surface area contributed by atoms with E-state index in [-0.39, 0.29) is 5.56 Å². The van der Waals surface area contributed by atoms with Gasteiger partial charge in [0.1, 0.15) is 11.2 Å². The maximum atomic E-state index is 12.5. The van der Waals surface area contributed by atoms with Crippen molar-refractivity contribution in [2.75, 3.05) is 6.54 Å². The Hall–Kier alpha value is -2.98. The Labute approximate surface area is 158 Å². The third-order valence-corrected chi connectivity index (χ3v) is 4.95. The van der Waals surface area contributed by atoms with Gasteiger partial charge in [-0.2, -0.15) is 5.10 Å². The summed E-state index contributed by atoms with van der Waals surface area (Å²) in [7, 11) is 0. The van der Waals surface area contributed by atoms with Crippen LogP contribution in [-0.4, -0.2) is 41.1 Å². The maximum Gasteiger partial charge on any atom is 0.262 e. The van der Waals surface area contributed by atoms with Crippen LogP contribution in [0.2, 0.25) is 0 Å². The molecule has 1 aromatic carbocycles. The smallest absolute Gasteiger partial charge is 0.262 e. The highest BCUT2D eigenvalue weighted by Crippen LogP contribution is 2.24. The Kier molecular flexibility index (Phi) is 4.73. The van der Waals surface area contributed by atoms with Gasteiger partial charge in [0, 0.05) is 13.0 Å². The third-order valence-electron chi connectivity index (χ3n) is 4.08. The van der Waals surface area contributed by atoms with Crippen LogP contribution >= 0.6 is 11.8 Å². The first-order valence-electron chi connectivity index (χ1n) is 8.54. The number of nitrogens with zero attached hydrogens (tertiary/aromatic N) is 6. The third kappa shape index (κ3) is 3.24. The molecule has 0 fully saturated rings. The molecule has 4 rings (SSSR count). The molecule has 0 unspecified atom stereocenters.